The van der Waals surface area contributed by atoms with Gasteiger partial charge in [0.1, 0.15) is 0 Å². The van der Waals surface area contributed by atoms with Crippen molar-refractivity contribution in [3.05, 3.63) is 12.2 Å². The topological polar surface area (TPSA) is 18.5 Å². The largest absolute Gasteiger partial charge is 0.376 e. The summed E-state index contributed by atoms with van der Waals surface area (Å²) in [6, 6.07) is 0. The van der Waals surface area contributed by atoms with Crippen LogP contribution in [0.2, 0.25) is 0 Å². The minimum absolute atomic E-state index is 0.397. The average Bonchev–Trinajstić information content (AvgIpc) is 2.95. The van der Waals surface area contributed by atoms with Crippen LogP contribution in [0.3, 0.4) is 0 Å². The first-order valence-corrected chi connectivity index (χ1v) is 6.34. The van der Waals surface area contributed by atoms with Crippen LogP contribution in [-0.2, 0) is 9.47 Å². The van der Waals surface area contributed by atoms with Gasteiger partial charge in [0.15, 0.2) is 0 Å². The fraction of sp³-hybridized carbons (Fsp3) is 0.846. The standard InChI is InChI=1S/C13H18O2/c1-2-14-10-6-9-11-7-3-4-8(5-7)12(11)13(10)15-9/h3-4,7-13H,2,5-6H2,1H3. The summed E-state index contributed by atoms with van der Waals surface area (Å²) in [5, 5.41) is 0. The maximum atomic E-state index is 6.12. The summed E-state index contributed by atoms with van der Waals surface area (Å²) in [4.78, 5) is 0. The van der Waals surface area contributed by atoms with Crippen LogP contribution in [0.5, 0.6) is 0 Å². The summed E-state index contributed by atoms with van der Waals surface area (Å²) in [7, 11) is 0. The molecule has 0 aromatic rings. The highest BCUT2D eigenvalue weighted by Gasteiger charge is 2.62. The van der Waals surface area contributed by atoms with Gasteiger partial charge in [-0.1, -0.05) is 12.2 Å². The van der Waals surface area contributed by atoms with Crippen molar-refractivity contribution in [2.75, 3.05) is 6.61 Å². The molecule has 0 aromatic carbocycles. The summed E-state index contributed by atoms with van der Waals surface area (Å²) in [5.74, 6) is 3.26. The molecular weight excluding hydrogens is 188 g/mol. The average molecular weight is 206 g/mol. The Morgan fingerprint density at radius 3 is 2.80 bits per heavy atom. The Morgan fingerprint density at radius 2 is 2.00 bits per heavy atom. The molecule has 2 heterocycles. The molecular formula is C13H18O2. The third kappa shape index (κ3) is 0.974. The smallest absolute Gasteiger partial charge is 0.0879 e. The van der Waals surface area contributed by atoms with Crippen LogP contribution in [0.1, 0.15) is 19.8 Å². The Labute approximate surface area is 90.6 Å². The third-order valence-electron chi connectivity index (χ3n) is 4.94. The molecule has 3 fully saturated rings. The van der Waals surface area contributed by atoms with Gasteiger partial charge in [-0.25, -0.2) is 0 Å². The highest BCUT2D eigenvalue weighted by molar-refractivity contribution is 5.21. The second-order valence-electron chi connectivity index (χ2n) is 5.47. The first kappa shape index (κ1) is 8.77. The van der Waals surface area contributed by atoms with Gasteiger partial charge in [-0.2, -0.15) is 0 Å². The lowest BCUT2D eigenvalue weighted by molar-refractivity contribution is -0.0187. The molecule has 1 saturated carbocycles. The summed E-state index contributed by atoms with van der Waals surface area (Å²) >= 11 is 0. The van der Waals surface area contributed by atoms with Crippen molar-refractivity contribution in [3.8, 4) is 0 Å². The van der Waals surface area contributed by atoms with Crippen molar-refractivity contribution in [2.24, 2.45) is 23.7 Å². The normalized spacial score (nSPS) is 59.1. The molecule has 2 nitrogen and oxygen atoms in total. The van der Waals surface area contributed by atoms with E-state index in [9.17, 15) is 0 Å². The van der Waals surface area contributed by atoms with Crippen LogP contribution in [-0.4, -0.2) is 24.9 Å². The first-order valence-electron chi connectivity index (χ1n) is 6.34. The Balaban J connectivity index is 1.63. The van der Waals surface area contributed by atoms with Crippen molar-refractivity contribution in [1.82, 2.24) is 0 Å². The number of hydrogen-bond acceptors (Lipinski definition) is 2. The molecule has 0 N–H and O–H groups in total. The Kier molecular flexibility index (Phi) is 1.67. The summed E-state index contributed by atoms with van der Waals surface area (Å²) in [6.07, 6.45) is 8.73. The number of rotatable bonds is 2. The van der Waals surface area contributed by atoms with E-state index >= 15 is 0 Å². The highest BCUT2D eigenvalue weighted by atomic mass is 16.6. The monoisotopic (exact) mass is 206 g/mol. The number of ether oxygens (including phenoxy) is 2. The van der Waals surface area contributed by atoms with Crippen LogP contribution in [0, 0.1) is 23.7 Å². The predicted molar refractivity (Wildman–Crippen MR) is 56.4 cm³/mol. The molecule has 0 amide bonds. The zero-order valence-electron chi connectivity index (χ0n) is 9.13. The van der Waals surface area contributed by atoms with Gasteiger partial charge in [-0.3, -0.25) is 0 Å². The molecule has 4 rings (SSSR count). The van der Waals surface area contributed by atoms with Crippen LogP contribution < -0.4 is 0 Å². The van der Waals surface area contributed by atoms with Crippen LogP contribution in [0.15, 0.2) is 12.2 Å². The summed E-state index contributed by atoms with van der Waals surface area (Å²) in [5.41, 5.74) is 0. The molecule has 4 bridgehead atoms. The minimum Gasteiger partial charge on any atom is -0.376 e. The van der Waals surface area contributed by atoms with E-state index in [0.29, 0.717) is 18.3 Å². The zero-order chi connectivity index (χ0) is 9.99. The fourth-order valence-corrected chi connectivity index (χ4v) is 4.56. The Bertz CT molecular complexity index is 312. The van der Waals surface area contributed by atoms with E-state index < -0.39 is 0 Å². The van der Waals surface area contributed by atoms with Gasteiger partial charge in [0.25, 0.3) is 0 Å². The van der Waals surface area contributed by atoms with E-state index in [-0.39, 0.29) is 0 Å². The summed E-state index contributed by atoms with van der Waals surface area (Å²) < 4.78 is 11.9. The molecule has 2 aliphatic heterocycles. The predicted octanol–water partition coefficient (Wildman–Crippen LogP) is 2.00. The lowest BCUT2D eigenvalue weighted by Crippen LogP contribution is -2.39. The molecule has 7 unspecified atom stereocenters. The Morgan fingerprint density at radius 1 is 1.20 bits per heavy atom. The highest BCUT2D eigenvalue weighted by Crippen LogP contribution is 2.60. The molecule has 0 aromatic heterocycles. The van der Waals surface area contributed by atoms with Crippen molar-refractivity contribution >= 4 is 0 Å². The Hall–Kier alpha value is -0.340. The molecule has 2 saturated heterocycles. The SMILES string of the molecule is CCOC1CC2OC1C1C3C=CC(C3)C21. The van der Waals surface area contributed by atoms with Crippen LogP contribution >= 0.6 is 0 Å². The lowest BCUT2D eigenvalue weighted by atomic mass is 9.72. The van der Waals surface area contributed by atoms with Gasteiger partial charge in [-0.05, 0) is 37.0 Å². The molecule has 15 heavy (non-hydrogen) atoms. The minimum atomic E-state index is 0.397. The second-order valence-corrected chi connectivity index (χ2v) is 5.47. The fourth-order valence-electron chi connectivity index (χ4n) is 4.56. The third-order valence-corrected chi connectivity index (χ3v) is 4.94. The van der Waals surface area contributed by atoms with E-state index in [1.54, 1.807) is 0 Å². The maximum absolute atomic E-state index is 6.12. The van der Waals surface area contributed by atoms with Crippen LogP contribution in [0.4, 0.5) is 0 Å². The van der Waals surface area contributed by atoms with E-state index in [0.717, 1.165) is 36.7 Å². The maximum Gasteiger partial charge on any atom is 0.0879 e. The molecule has 4 aliphatic rings. The van der Waals surface area contributed by atoms with Gasteiger partial charge in [0.2, 0.25) is 0 Å². The molecule has 2 heteroatoms. The van der Waals surface area contributed by atoms with Crippen molar-refractivity contribution in [3.63, 3.8) is 0 Å². The number of fused-ring (bicyclic) bond motifs is 9. The zero-order valence-corrected chi connectivity index (χ0v) is 9.13. The van der Waals surface area contributed by atoms with E-state index in [1.807, 2.05) is 0 Å². The van der Waals surface area contributed by atoms with E-state index in [1.165, 1.54) is 6.42 Å². The van der Waals surface area contributed by atoms with Crippen molar-refractivity contribution in [2.45, 2.75) is 38.1 Å². The van der Waals surface area contributed by atoms with E-state index in [4.69, 9.17) is 9.47 Å². The molecule has 0 spiro atoms. The van der Waals surface area contributed by atoms with Crippen LogP contribution in [0.25, 0.3) is 0 Å². The van der Waals surface area contributed by atoms with Gasteiger partial charge in [0, 0.05) is 13.0 Å². The van der Waals surface area contributed by atoms with Crippen molar-refractivity contribution in [1.29, 1.82) is 0 Å². The molecule has 2 aliphatic carbocycles. The molecule has 0 radical (unpaired) electrons. The first-order chi connectivity index (χ1) is 7.38. The van der Waals surface area contributed by atoms with Crippen molar-refractivity contribution < 1.29 is 9.47 Å². The number of hydrogen-bond donors (Lipinski definition) is 0. The van der Waals surface area contributed by atoms with Gasteiger partial charge in [0.05, 0.1) is 18.3 Å². The van der Waals surface area contributed by atoms with Gasteiger partial charge in [-0.15, -0.1) is 0 Å². The van der Waals surface area contributed by atoms with Gasteiger partial charge >= 0.3 is 0 Å². The second kappa shape index (κ2) is 2.86. The lowest BCUT2D eigenvalue weighted by Gasteiger charge is -2.33. The number of allylic oxidation sites excluding steroid dienone is 2. The molecule has 82 valence electrons. The quantitative estimate of drug-likeness (QED) is 0.643. The summed E-state index contributed by atoms with van der Waals surface area (Å²) in [6.45, 7) is 2.92. The van der Waals surface area contributed by atoms with Gasteiger partial charge < -0.3 is 9.47 Å². The molecule has 7 atom stereocenters. The van der Waals surface area contributed by atoms with E-state index in [2.05, 4.69) is 19.1 Å².